The maximum atomic E-state index is 14.4. The number of carbonyl (C=O) groups excluding carboxylic acids is 3. The highest BCUT2D eigenvalue weighted by atomic mass is 19.3. The van der Waals surface area contributed by atoms with Crippen molar-refractivity contribution >= 4 is 17.5 Å². The van der Waals surface area contributed by atoms with Crippen molar-refractivity contribution in [2.45, 2.75) is 83.0 Å². The molecular formula is C25H34F2O7. The van der Waals surface area contributed by atoms with Crippen molar-refractivity contribution in [1.29, 1.82) is 0 Å². The quantitative estimate of drug-likeness (QED) is 0.389. The molecule has 0 heterocycles. The van der Waals surface area contributed by atoms with Gasteiger partial charge < -0.3 is 19.7 Å². The summed E-state index contributed by atoms with van der Waals surface area (Å²) < 4.78 is 38.8. The van der Waals surface area contributed by atoms with Crippen LogP contribution in [-0.4, -0.2) is 58.6 Å². The van der Waals surface area contributed by atoms with Crippen LogP contribution in [0.1, 0.15) is 58.8 Å². The zero-order valence-electron chi connectivity index (χ0n) is 19.6. The van der Waals surface area contributed by atoms with Crippen LogP contribution in [-0.2, 0) is 19.1 Å². The van der Waals surface area contributed by atoms with Crippen LogP contribution in [0.3, 0.4) is 0 Å². The molecule has 0 spiro atoms. The fraction of sp³-hybridized carbons (Fsp3) is 0.640. The monoisotopic (exact) mass is 484 g/mol. The Balaban J connectivity index is 1.85. The van der Waals surface area contributed by atoms with Gasteiger partial charge in [-0.2, -0.15) is 0 Å². The van der Waals surface area contributed by atoms with Gasteiger partial charge in [0.1, 0.15) is 17.3 Å². The van der Waals surface area contributed by atoms with E-state index in [1.165, 1.54) is 12.1 Å². The molecule has 0 aliphatic heterocycles. The van der Waals surface area contributed by atoms with Gasteiger partial charge in [0.15, 0.2) is 6.61 Å². The SMILES string of the molecule is CC(C)OC(=O)CCCC(=O)CC[C@@H]1[C@@H](C(=O)CC(F)(F)COc2ccccc2)[C@H](O)C[C@@H]1O. The Morgan fingerprint density at radius 2 is 1.74 bits per heavy atom. The molecule has 0 saturated heterocycles. The molecule has 1 aliphatic carbocycles. The van der Waals surface area contributed by atoms with E-state index in [9.17, 15) is 33.4 Å². The molecule has 1 aromatic rings. The number of carbonyl (C=O) groups is 3. The summed E-state index contributed by atoms with van der Waals surface area (Å²) in [6, 6.07) is 8.04. The number of aliphatic hydroxyl groups excluding tert-OH is 2. The molecule has 7 nitrogen and oxygen atoms in total. The second-order valence-corrected chi connectivity index (χ2v) is 9.13. The third-order valence-corrected chi connectivity index (χ3v) is 5.81. The van der Waals surface area contributed by atoms with Crippen LogP contribution in [0.5, 0.6) is 5.75 Å². The Morgan fingerprint density at radius 3 is 2.38 bits per heavy atom. The normalized spacial score (nSPS) is 22.6. The maximum Gasteiger partial charge on any atom is 0.306 e. The summed E-state index contributed by atoms with van der Waals surface area (Å²) in [6.45, 7) is 2.47. The van der Waals surface area contributed by atoms with Crippen LogP contribution in [0.15, 0.2) is 30.3 Å². The topological polar surface area (TPSA) is 110 Å². The fourth-order valence-corrected chi connectivity index (χ4v) is 4.25. The summed E-state index contributed by atoms with van der Waals surface area (Å²) in [5, 5.41) is 20.5. The van der Waals surface area contributed by atoms with Crippen LogP contribution in [0, 0.1) is 11.8 Å². The first kappa shape index (κ1) is 27.9. The van der Waals surface area contributed by atoms with Crippen molar-refractivity contribution in [1.82, 2.24) is 0 Å². The highest BCUT2D eigenvalue weighted by Gasteiger charge is 2.48. The van der Waals surface area contributed by atoms with Gasteiger partial charge in [0.25, 0.3) is 5.92 Å². The lowest BCUT2D eigenvalue weighted by Crippen LogP contribution is -2.36. The van der Waals surface area contributed by atoms with Crippen LogP contribution < -0.4 is 4.74 Å². The average molecular weight is 485 g/mol. The van der Waals surface area contributed by atoms with E-state index >= 15 is 0 Å². The number of esters is 1. The van der Waals surface area contributed by atoms with E-state index < -0.39 is 48.8 Å². The molecule has 0 aromatic heterocycles. The Morgan fingerprint density at radius 1 is 1.06 bits per heavy atom. The lowest BCUT2D eigenvalue weighted by molar-refractivity contribution is -0.147. The summed E-state index contributed by atoms with van der Waals surface area (Å²) in [5.74, 6) is -6.58. The second-order valence-electron chi connectivity index (χ2n) is 9.13. The summed E-state index contributed by atoms with van der Waals surface area (Å²) in [6.07, 6.45) is -3.12. The predicted molar refractivity (Wildman–Crippen MR) is 119 cm³/mol. The predicted octanol–water partition coefficient (Wildman–Crippen LogP) is 3.49. The Labute approximate surface area is 198 Å². The third kappa shape index (κ3) is 9.10. The van der Waals surface area contributed by atoms with Crippen LogP contribution in [0.2, 0.25) is 0 Å². The largest absolute Gasteiger partial charge is 0.487 e. The van der Waals surface area contributed by atoms with Crippen LogP contribution in [0.25, 0.3) is 0 Å². The van der Waals surface area contributed by atoms with Gasteiger partial charge in [-0.1, -0.05) is 18.2 Å². The molecule has 34 heavy (non-hydrogen) atoms. The van der Waals surface area contributed by atoms with Gasteiger partial charge in [0.2, 0.25) is 0 Å². The molecule has 190 valence electrons. The average Bonchev–Trinajstić information content (AvgIpc) is 3.03. The third-order valence-electron chi connectivity index (χ3n) is 5.81. The summed E-state index contributed by atoms with van der Waals surface area (Å²) >= 11 is 0. The number of Topliss-reactive ketones (excluding diaryl/α,β-unsaturated/α-hetero) is 2. The van der Waals surface area contributed by atoms with E-state index in [1.807, 2.05) is 0 Å². The fourth-order valence-electron chi connectivity index (χ4n) is 4.25. The number of halogens is 2. The zero-order valence-corrected chi connectivity index (χ0v) is 19.6. The van der Waals surface area contributed by atoms with Crippen molar-refractivity contribution in [3.63, 3.8) is 0 Å². The molecule has 0 radical (unpaired) electrons. The highest BCUT2D eigenvalue weighted by molar-refractivity contribution is 5.83. The van der Waals surface area contributed by atoms with Gasteiger partial charge in [-0.15, -0.1) is 0 Å². The van der Waals surface area contributed by atoms with E-state index in [4.69, 9.17) is 9.47 Å². The zero-order chi connectivity index (χ0) is 25.3. The Bertz CT molecular complexity index is 813. The second kappa shape index (κ2) is 12.9. The van der Waals surface area contributed by atoms with E-state index in [-0.39, 0.29) is 55.7 Å². The lowest BCUT2D eigenvalue weighted by atomic mass is 9.83. The molecule has 2 rings (SSSR count). The molecule has 1 fully saturated rings. The molecule has 1 saturated carbocycles. The van der Waals surface area contributed by atoms with Crippen molar-refractivity contribution in [2.24, 2.45) is 11.8 Å². The van der Waals surface area contributed by atoms with Gasteiger partial charge in [0.05, 0.1) is 24.7 Å². The van der Waals surface area contributed by atoms with Crippen molar-refractivity contribution in [3.8, 4) is 5.75 Å². The van der Waals surface area contributed by atoms with E-state index in [1.54, 1.807) is 32.0 Å². The van der Waals surface area contributed by atoms with Gasteiger partial charge in [-0.05, 0) is 44.7 Å². The number of aliphatic hydroxyl groups is 2. The molecule has 2 N–H and O–H groups in total. The molecular weight excluding hydrogens is 450 g/mol. The van der Waals surface area contributed by atoms with E-state index in [0.717, 1.165) is 0 Å². The number of alkyl halides is 2. The minimum Gasteiger partial charge on any atom is -0.487 e. The van der Waals surface area contributed by atoms with Crippen molar-refractivity contribution in [3.05, 3.63) is 30.3 Å². The smallest absolute Gasteiger partial charge is 0.306 e. The van der Waals surface area contributed by atoms with Crippen LogP contribution >= 0.6 is 0 Å². The summed E-state index contributed by atoms with van der Waals surface area (Å²) in [5.41, 5.74) is 0. The first-order valence-corrected chi connectivity index (χ1v) is 11.6. The Hall–Kier alpha value is -2.39. The number of ether oxygens (including phenoxy) is 2. The molecule has 0 bridgehead atoms. The molecule has 4 atom stereocenters. The lowest BCUT2D eigenvalue weighted by Gasteiger charge is -2.24. The molecule has 9 heteroatoms. The summed E-state index contributed by atoms with van der Waals surface area (Å²) in [4.78, 5) is 36.4. The molecule has 0 amide bonds. The molecule has 0 unspecified atom stereocenters. The first-order valence-electron chi connectivity index (χ1n) is 11.6. The maximum absolute atomic E-state index is 14.4. The molecule has 1 aromatic carbocycles. The standard InChI is InChI=1S/C25H34F2O7/c1-16(2)34-23(32)10-6-7-17(28)11-12-19-20(29)13-21(30)24(19)22(31)14-25(26,27)15-33-18-8-4-3-5-9-18/h3-5,8-9,16,19-21,24,29-30H,6-7,10-15H2,1-2H3/t19-,20-,21+,24+/m0/s1. The Kier molecular flexibility index (Phi) is 10.6. The van der Waals surface area contributed by atoms with Gasteiger partial charge in [-0.25, -0.2) is 8.78 Å². The van der Waals surface area contributed by atoms with Crippen molar-refractivity contribution in [2.75, 3.05) is 6.61 Å². The minimum atomic E-state index is -3.45. The number of para-hydroxylation sites is 1. The number of rotatable bonds is 14. The number of hydrogen-bond acceptors (Lipinski definition) is 7. The summed E-state index contributed by atoms with van der Waals surface area (Å²) in [7, 11) is 0. The van der Waals surface area contributed by atoms with Crippen LogP contribution in [0.4, 0.5) is 8.78 Å². The minimum absolute atomic E-state index is 0.0188. The van der Waals surface area contributed by atoms with Crippen molar-refractivity contribution < 1.29 is 42.9 Å². The number of ketones is 2. The first-order chi connectivity index (χ1) is 16.0. The van der Waals surface area contributed by atoms with E-state index in [2.05, 4.69) is 0 Å². The van der Waals surface area contributed by atoms with Gasteiger partial charge >= 0.3 is 5.97 Å². The van der Waals surface area contributed by atoms with Gasteiger partial charge in [0, 0.05) is 31.6 Å². The van der Waals surface area contributed by atoms with Gasteiger partial charge in [-0.3, -0.25) is 14.4 Å². The van der Waals surface area contributed by atoms with E-state index in [0.29, 0.717) is 6.42 Å². The highest BCUT2D eigenvalue weighted by Crippen LogP contribution is 2.38. The number of benzene rings is 1. The molecule has 1 aliphatic rings. The number of hydrogen-bond donors (Lipinski definition) is 2.